The van der Waals surface area contributed by atoms with Gasteiger partial charge in [-0.1, -0.05) is 12.1 Å². The Bertz CT molecular complexity index is 503. The third kappa shape index (κ3) is 5.52. The van der Waals surface area contributed by atoms with Gasteiger partial charge in [0, 0.05) is 13.0 Å². The van der Waals surface area contributed by atoms with Gasteiger partial charge in [0.1, 0.15) is 5.75 Å². The molecular weight excluding hydrogens is 300 g/mol. The smallest absolute Gasteiger partial charge is 0.220 e. The van der Waals surface area contributed by atoms with Crippen molar-refractivity contribution in [3.05, 3.63) is 29.8 Å². The molecule has 1 amide bonds. The molecule has 132 valence electrons. The van der Waals surface area contributed by atoms with Crippen molar-refractivity contribution in [2.45, 2.75) is 57.5 Å². The van der Waals surface area contributed by atoms with Crippen molar-refractivity contribution in [2.24, 2.45) is 5.92 Å². The first-order valence-electron chi connectivity index (χ1n) is 9.52. The number of hydrogen-bond acceptors (Lipinski definition) is 3. The minimum absolute atomic E-state index is 0.197. The van der Waals surface area contributed by atoms with Crippen LogP contribution in [0.25, 0.3) is 0 Å². The molecule has 2 aliphatic rings. The van der Waals surface area contributed by atoms with Gasteiger partial charge in [-0.05, 0) is 81.6 Å². The Hall–Kier alpha value is -1.55. The van der Waals surface area contributed by atoms with Crippen LogP contribution < -0.4 is 15.4 Å². The van der Waals surface area contributed by atoms with Gasteiger partial charge in [0.15, 0.2) is 0 Å². The number of ether oxygens (including phenoxy) is 1. The van der Waals surface area contributed by atoms with Crippen molar-refractivity contribution in [1.82, 2.24) is 10.6 Å². The number of amides is 1. The number of nitrogens with one attached hydrogen (secondary N) is 2. The van der Waals surface area contributed by atoms with E-state index in [9.17, 15) is 4.79 Å². The molecule has 0 radical (unpaired) electrons. The van der Waals surface area contributed by atoms with E-state index in [1.54, 1.807) is 0 Å². The first-order chi connectivity index (χ1) is 11.8. The zero-order chi connectivity index (χ0) is 16.6. The van der Waals surface area contributed by atoms with Crippen molar-refractivity contribution in [1.29, 1.82) is 0 Å². The predicted molar refractivity (Wildman–Crippen MR) is 96.3 cm³/mol. The number of hydrogen-bond donors (Lipinski definition) is 2. The maximum Gasteiger partial charge on any atom is 0.220 e. The first kappa shape index (κ1) is 17.3. The SMILES string of the molecule is O=C(CC1CCNCC1)NCCc1ccc(OC2CCCC2)cc1. The summed E-state index contributed by atoms with van der Waals surface area (Å²) in [6.07, 6.45) is 9.16. The Morgan fingerprint density at radius 2 is 1.79 bits per heavy atom. The Labute approximate surface area is 145 Å². The molecule has 1 aliphatic heterocycles. The summed E-state index contributed by atoms with van der Waals surface area (Å²) in [5.74, 6) is 1.72. The fourth-order valence-electron chi connectivity index (χ4n) is 3.70. The van der Waals surface area contributed by atoms with E-state index in [0.717, 1.165) is 38.1 Å². The van der Waals surface area contributed by atoms with Crippen LogP contribution in [0.1, 0.15) is 50.5 Å². The maximum atomic E-state index is 12.0. The van der Waals surface area contributed by atoms with E-state index >= 15 is 0 Å². The number of piperidine rings is 1. The third-order valence-corrected chi connectivity index (χ3v) is 5.20. The fraction of sp³-hybridized carbons (Fsp3) is 0.650. The highest BCUT2D eigenvalue weighted by molar-refractivity contribution is 5.76. The molecule has 24 heavy (non-hydrogen) atoms. The Morgan fingerprint density at radius 1 is 1.08 bits per heavy atom. The normalized spacial score (nSPS) is 19.3. The van der Waals surface area contributed by atoms with Crippen molar-refractivity contribution < 1.29 is 9.53 Å². The summed E-state index contributed by atoms with van der Waals surface area (Å²) in [6.45, 7) is 2.81. The predicted octanol–water partition coefficient (Wildman–Crippen LogP) is 3.06. The molecule has 1 aromatic carbocycles. The lowest BCUT2D eigenvalue weighted by Gasteiger charge is -2.21. The second-order valence-corrected chi connectivity index (χ2v) is 7.17. The maximum absolute atomic E-state index is 12.0. The van der Waals surface area contributed by atoms with Crippen molar-refractivity contribution >= 4 is 5.91 Å². The Kier molecular flexibility index (Phi) is 6.53. The molecule has 1 saturated carbocycles. The quantitative estimate of drug-likeness (QED) is 0.808. The molecule has 4 heteroatoms. The van der Waals surface area contributed by atoms with E-state index in [1.807, 2.05) is 0 Å². The summed E-state index contributed by atoms with van der Waals surface area (Å²) in [7, 11) is 0. The number of benzene rings is 1. The first-order valence-corrected chi connectivity index (χ1v) is 9.52. The van der Waals surface area contributed by atoms with Crippen LogP contribution in [0.3, 0.4) is 0 Å². The Balaban J connectivity index is 1.34. The lowest BCUT2D eigenvalue weighted by molar-refractivity contribution is -0.122. The van der Waals surface area contributed by atoms with Gasteiger partial charge >= 0.3 is 0 Å². The molecule has 2 fully saturated rings. The average molecular weight is 330 g/mol. The second-order valence-electron chi connectivity index (χ2n) is 7.17. The van der Waals surface area contributed by atoms with Gasteiger partial charge in [0.25, 0.3) is 0 Å². The molecule has 0 aromatic heterocycles. The summed E-state index contributed by atoms with van der Waals surface area (Å²) >= 11 is 0. The molecule has 4 nitrogen and oxygen atoms in total. The van der Waals surface area contributed by atoms with Crippen LogP contribution >= 0.6 is 0 Å². The van der Waals surface area contributed by atoms with Crippen LogP contribution in [0.2, 0.25) is 0 Å². The van der Waals surface area contributed by atoms with E-state index in [-0.39, 0.29) is 5.91 Å². The number of rotatable bonds is 7. The molecule has 3 rings (SSSR count). The van der Waals surface area contributed by atoms with Crippen molar-refractivity contribution in [2.75, 3.05) is 19.6 Å². The molecule has 1 aliphatic carbocycles. The van der Waals surface area contributed by atoms with E-state index in [1.165, 1.54) is 31.2 Å². The van der Waals surface area contributed by atoms with Gasteiger partial charge in [-0.3, -0.25) is 4.79 Å². The molecule has 0 bridgehead atoms. The fourth-order valence-corrected chi connectivity index (χ4v) is 3.70. The zero-order valence-electron chi connectivity index (χ0n) is 14.6. The second kappa shape index (κ2) is 9.07. The van der Waals surface area contributed by atoms with Crippen LogP contribution in [0, 0.1) is 5.92 Å². The standard InChI is InChI=1S/C20H30N2O2/c23-20(15-17-9-12-21-13-10-17)22-14-11-16-5-7-19(8-6-16)24-18-3-1-2-4-18/h5-8,17-18,21H,1-4,9-15H2,(H,22,23). The zero-order valence-corrected chi connectivity index (χ0v) is 14.6. The lowest BCUT2D eigenvalue weighted by Crippen LogP contribution is -2.33. The van der Waals surface area contributed by atoms with Crippen LogP contribution in [-0.2, 0) is 11.2 Å². The van der Waals surface area contributed by atoms with E-state index < -0.39 is 0 Å². The largest absolute Gasteiger partial charge is 0.490 e. The average Bonchev–Trinajstić information content (AvgIpc) is 3.10. The number of carbonyl (C=O) groups excluding carboxylic acids is 1. The molecule has 0 spiro atoms. The minimum Gasteiger partial charge on any atom is -0.490 e. The highest BCUT2D eigenvalue weighted by Crippen LogP contribution is 2.24. The van der Waals surface area contributed by atoms with Crippen LogP contribution in [0.4, 0.5) is 0 Å². The highest BCUT2D eigenvalue weighted by atomic mass is 16.5. The summed E-state index contributed by atoms with van der Waals surface area (Å²) in [5, 5.41) is 6.40. The van der Waals surface area contributed by atoms with Gasteiger partial charge in [-0.25, -0.2) is 0 Å². The van der Waals surface area contributed by atoms with Gasteiger partial charge in [-0.15, -0.1) is 0 Å². The van der Waals surface area contributed by atoms with Crippen molar-refractivity contribution in [3.63, 3.8) is 0 Å². The molecular formula is C20H30N2O2. The Morgan fingerprint density at radius 3 is 2.50 bits per heavy atom. The molecule has 0 unspecified atom stereocenters. The lowest BCUT2D eigenvalue weighted by atomic mass is 9.94. The minimum atomic E-state index is 0.197. The summed E-state index contributed by atoms with van der Waals surface area (Å²) in [5.41, 5.74) is 1.25. The molecule has 1 aromatic rings. The number of carbonyl (C=O) groups is 1. The van der Waals surface area contributed by atoms with E-state index in [4.69, 9.17) is 4.74 Å². The molecule has 2 N–H and O–H groups in total. The monoisotopic (exact) mass is 330 g/mol. The van der Waals surface area contributed by atoms with Gasteiger partial charge < -0.3 is 15.4 Å². The van der Waals surface area contributed by atoms with Crippen LogP contribution in [-0.4, -0.2) is 31.6 Å². The van der Waals surface area contributed by atoms with Gasteiger partial charge in [0.2, 0.25) is 5.91 Å². The molecule has 1 saturated heterocycles. The van der Waals surface area contributed by atoms with Gasteiger partial charge in [-0.2, -0.15) is 0 Å². The third-order valence-electron chi connectivity index (χ3n) is 5.20. The van der Waals surface area contributed by atoms with Crippen molar-refractivity contribution in [3.8, 4) is 5.75 Å². The summed E-state index contributed by atoms with van der Waals surface area (Å²) in [4.78, 5) is 12.0. The van der Waals surface area contributed by atoms with Gasteiger partial charge in [0.05, 0.1) is 6.10 Å². The summed E-state index contributed by atoms with van der Waals surface area (Å²) in [6, 6.07) is 8.35. The molecule has 0 atom stereocenters. The van der Waals surface area contributed by atoms with E-state index in [2.05, 4.69) is 34.9 Å². The van der Waals surface area contributed by atoms with Crippen LogP contribution in [0.5, 0.6) is 5.75 Å². The molecule has 1 heterocycles. The highest BCUT2D eigenvalue weighted by Gasteiger charge is 2.17. The topological polar surface area (TPSA) is 50.4 Å². The van der Waals surface area contributed by atoms with E-state index in [0.29, 0.717) is 25.0 Å². The van der Waals surface area contributed by atoms with Crippen LogP contribution in [0.15, 0.2) is 24.3 Å². The summed E-state index contributed by atoms with van der Waals surface area (Å²) < 4.78 is 5.98.